The third kappa shape index (κ3) is 5.56. The topological polar surface area (TPSA) is 139 Å². The van der Waals surface area contributed by atoms with Crippen molar-refractivity contribution in [2.24, 2.45) is 5.73 Å². The van der Waals surface area contributed by atoms with Crippen LogP contribution >= 0.6 is 0 Å². The Bertz CT molecular complexity index is 1350. The second kappa shape index (κ2) is 10.2. The second-order valence-corrected chi connectivity index (χ2v) is 10.2. The largest absolute Gasteiger partial charge is 0.446 e. The number of anilines is 2. The molecule has 2 atom stereocenters. The third-order valence-electron chi connectivity index (χ3n) is 6.33. The minimum atomic E-state index is -0.405. The summed E-state index contributed by atoms with van der Waals surface area (Å²) in [6, 6.07) is 7.73. The quantitative estimate of drug-likeness (QED) is 0.373. The molecule has 0 aliphatic heterocycles. The van der Waals surface area contributed by atoms with E-state index in [0.717, 1.165) is 36.5 Å². The summed E-state index contributed by atoms with van der Waals surface area (Å²) in [5, 5.41) is 8.39. The highest BCUT2D eigenvalue weighted by molar-refractivity contribution is 5.70. The molecule has 1 aliphatic rings. The minimum absolute atomic E-state index is 0.153. The molecule has 0 bridgehead atoms. The summed E-state index contributed by atoms with van der Waals surface area (Å²) in [5.74, 6) is 2.14. The first-order valence-corrected chi connectivity index (χ1v) is 12.5. The van der Waals surface area contributed by atoms with E-state index in [0.29, 0.717) is 30.4 Å². The number of imidazole rings is 1. The molecule has 0 spiro atoms. The number of rotatable bonds is 7. The van der Waals surface area contributed by atoms with Crippen LogP contribution in [-0.4, -0.2) is 48.0 Å². The van der Waals surface area contributed by atoms with E-state index < -0.39 is 6.09 Å². The second-order valence-electron chi connectivity index (χ2n) is 10.2. The van der Waals surface area contributed by atoms with Crippen LogP contribution in [0.4, 0.5) is 16.4 Å². The maximum atomic E-state index is 12.3. The lowest BCUT2D eigenvalue weighted by Gasteiger charge is -2.22. The molecule has 11 nitrogen and oxygen atoms in total. The van der Waals surface area contributed by atoms with Crippen LogP contribution in [0.3, 0.4) is 0 Å². The third-order valence-corrected chi connectivity index (χ3v) is 6.33. The summed E-state index contributed by atoms with van der Waals surface area (Å²) in [6.45, 7) is 6.83. The molecule has 4 heterocycles. The number of carbonyl (C=O) groups is 1. The molecular formula is C26H32N8O3. The molecular weight excluding hydrogens is 472 g/mol. The van der Waals surface area contributed by atoms with Gasteiger partial charge < -0.3 is 20.2 Å². The van der Waals surface area contributed by atoms with Crippen LogP contribution in [0.25, 0.3) is 11.6 Å². The van der Waals surface area contributed by atoms with Gasteiger partial charge in [-0.05, 0) is 58.7 Å². The van der Waals surface area contributed by atoms with E-state index in [4.69, 9.17) is 25.0 Å². The first kappa shape index (κ1) is 24.7. The molecule has 0 radical (unpaired) electrons. The maximum Gasteiger partial charge on any atom is 0.419 e. The summed E-state index contributed by atoms with van der Waals surface area (Å²) >= 11 is 0. The molecule has 194 valence electrons. The van der Waals surface area contributed by atoms with Crippen molar-refractivity contribution in [1.29, 1.82) is 0 Å². The number of hydrogen-bond acceptors (Lipinski definition) is 9. The number of carbonyl (C=O) groups excluding carboxylic acids is 1. The van der Waals surface area contributed by atoms with Gasteiger partial charge in [0, 0.05) is 30.8 Å². The Morgan fingerprint density at radius 3 is 2.89 bits per heavy atom. The van der Waals surface area contributed by atoms with Gasteiger partial charge in [-0.2, -0.15) is 5.10 Å². The Morgan fingerprint density at radius 1 is 1.27 bits per heavy atom. The van der Waals surface area contributed by atoms with Crippen LogP contribution in [0.2, 0.25) is 0 Å². The van der Waals surface area contributed by atoms with Crippen molar-refractivity contribution in [3.8, 4) is 11.6 Å². The lowest BCUT2D eigenvalue weighted by atomic mass is 10.0. The Hall–Kier alpha value is -3.99. The monoisotopic (exact) mass is 504 g/mol. The Balaban J connectivity index is 1.33. The van der Waals surface area contributed by atoms with Crippen molar-refractivity contribution in [2.45, 2.75) is 64.0 Å². The average Bonchev–Trinajstić information content (AvgIpc) is 3.65. The zero-order valence-electron chi connectivity index (χ0n) is 21.3. The Morgan fingerprint density at radius 2 is 2.14 bits per heavy atom. The Labute approximate surface area is 215 Å². The zero-order chi connectivity index (χ0) is 26.0. The van der Waals surface area contributed by atoms with E-state index in [1.165, 1.54) is 10.9 Å². The van der Waals surface area contributed by atoms with Crippen molar-refractivity contribution in [2.75, 3.05) is 11.9 Å². The molecule has 11 heteroatoms. The molecule has 4 aromatic heterocycles. The molecule has 4 aromatic rings. The van der Waals surface area contributed by atoms with E-state index in [1.54, 1.807) is 18.7 Å². The van der Waals surface area contributed by atoms with Gasteiger partial charge >= 0.3 is 6.09 Å². The molecule has 0 unspecified atom stereocenters. The van der Waals surface area contributed by atoms with Crippen molar-refractivity contribution < 1.29 is 13.9 Å². The highest BCUT2D eigenvalue weighted by Crippen LogP contribution is 2.38. The number of hydrogen-bond donors (Lipinski definition) is 2. The van der Waals surface area contributed by atoms with Gasteiger partial charge in [0.2, 0.25) is 5.89 Å². The van der Waals surface area contributed by atoms with Gasteiger partial charge in [-0.1, -0.05) is 6.07 Å². The lowest BCUT2D eigenvalue weighted by molar-refractivity contribution is 0.101. The first-order valence-electron chi connectivity index (χ1n) is 12.5. The average molecular weight is 505 g/mol. The summed E-state index contributed by atoms with van der Waals surface area (Å²) < 4.78 is 14.6. The van der Waals surface area contributed by atoms with Crippen LogP contribution in [0.1, 0.15) is 57.3 Å². The van der Waals surface area contributed by atoms with E-state index in [-0.39, 0.29) is 17.6 Å². The van der Waals surface area contributed by atoms with Gasteiger partial charge in [-0.15, -0.1) is 0 Å². The van der Waals surface area contributed by atoms with Crippen LogP contribution in [-0.2, 0) is 16.7 Å². The van der Waals surface area contributed by atoms with Crippen molar-refractivity contribution >= 4 is 17.7 Å². The maximum absolute atomic E-state index is 12.3. The van der Waals surface area contributed by atoms with Crippen LogP contribution < -0.4 is 11.1 Å². The number of nitrogens with two attached hydrogens (primary N) is 1. The number of aromatic nitrogens is 6. The number of nitrogens with zero attached hydrogens (tertiary/aromatic N) is 6. The van der Waals surface area contributed by atoms with E-state index in [9.17, 15) is 4.79 Å². The normalized spacial score (nSPS) is 17.7. The van der Waals surface area contributed by atoms with Gasteiger partial charge in [-0.3, -0.25) is 0 Å². The molecule has 1 fully saturated rings. The number of nitrogens with one attached hydrogen (secondary N) is 1. The molecule has 1 aliphatic carbocycles. The number of pyridine rings is 1. The first-order chi connectivity index (χ1) is 17.8. The van der Waals surface area contributed by atoms with Crippen LogP contribution in [0.15, 0.2) is 53.7 Å². The minimum Gasteiger partial charge on any atom is -0.446 e. The number of ether oxygens (including phenoxy) is 1. The molecule has 1 saturated carbocycles. The van der Waals surface area contributed by atoms with Gasteiger partial charge in [0.05, 0.1) is 16.9 Å². The summed E-state index contributed by atoms with van der Waals surface area (Å²) in [5.41, 5.74) is 7.77. The van der Waals surface area contributed by atoms with Crippen LogP contribution in [0.5, 0.6) is 0 Å². The Kier molecular flexibility index (Phi) is 6.79. The zero-order valence-corrected chi connectivity index (χ0v) is 21.3. The SMILES string of the molecule is CC(C)(C)n1nc([C@H]2CC[C@@H](OC(=O)n3ccnc3)C2)cc1Nc1cccc(-c2nc(CCN)co2)n1. The predicted octanol–water partition coefficient (Wildman–Crippen LogP) is 4.45. The van der Waals surface area contributed by atoms with Crippen LogP contribution in [0, 0.1) is 0 Å². The number of oxazole rings is 1. The van der Waals surface area contributed by atoms with Crippen molar-refractivity contribution in [3.05, 3.63) is 60.6 Å². The van der Waals surface area contributed by atoms with E-state index >= 15 is 0 Å². The highest BCUT2D eigenvalue weighted by atomic mass is 16.6. The fourth-order valence-electron chi connectivity index (χ4n) is 4.53. The van der Waals surface area contributed by atoms with Gasteiger partial charge in [0.25, 0.3) is 0 Å². The van der Waals surface area contributed by atoms with Gasteiger partial charge in [0.15, 0.2) is 0 Å². The lowest BCUT2D eigenvalue weighted by Crippen LogP contribution is -2.25. The smallest absolute Gasteiger partial charge is 0.419 e. The summed E-state index contributed by atoms with van der Waals surface area (Å²) in [6.07, 6.45) is 8.71. The molecule has 0 saturated heterocycles. The molecule has 0 aromatic carbocycles. The fraction of sp³-hybridized carbons (Fsp3) is 0.423. The van der Waals surface area contributed by atoms with Gasteiger partial charge in [0.1, 0.15) is 36.0 Å². The van der Waals surface area contributed by atoms with Crippen molar-refractivity contribution in [3.63, 3.8) is 0 Å². The molecule has 37 heavy (non-hydrogen) atoms. The molecule has 3 N–H and O–H groups in total. The molecule has 0 amide bonds. The van der Waals surface area contributed by atoms with Crippen molar-refractivity contribution in [1.82, 2.24) is 29.3 Å². The van der Waals surface area contributed by atoms with E-state index in [1.807, 2.05) is 22.9 Å². The van der Waals surface area contributed by atoms with E-state index in [2.05, 4.69) is 42.1 Å². The summed E-state index contributed by atoms with van der Waals surface area (Å²) in [7, 11) is 0. The summed E-state index contributed by atoms with van der Waals surface area (Å²) in [4.78, 5) is 25.4. The standard InChI is InChI=1S/C26H32N8O3/c1-26(2,3)34-23(31-22-6-4-5-20(30-22)24-29-18(9-10-27)15-36-24)14-21(32-34)17-7-8-19(13-17)37-25(35)33-12-11-28-16-33/h4-6,11-12,14-17,19H,7-10,13,27H2,1-3H3,(H,30,31)/t17-,19+/m0/s1. The fourth-order valence-corrected chi connectivity index (χ4v) is 4.53. The van der Waals surface area contributed by atoms with Gasteiger partial charge in [-0.25, -0.2) is 29.0 Å². The molecule has 5 rings (SSSR count). The highest BCUT2D eigenvalue weighted by Gasteiger charge is 2.32. The predicted molar refractivity (Wildman–Crippen MR) is 137 cm³/mol.